The van der Waals surface area contributed by atoms with Crippen LogP contribution in [0.15, 0.2) is 23.1 Å². The van der Waals surface area contributed by atoms with Gasteiger partial charge in [-0.15, -0.1) is 0 Å². The minimum Gasteiger partial charge on any atom is -0.385 e. The standard InChI is InChI=1S/C16H24N2O2S/c1-12(2)16-6-4-10-18(16)21(19,20)14-7-8-15-13(11-14)5-3-9-17-15/h7-8,11-12,16-17H,3-6,9-10H2,1-2H3. The minimum atomic E-state index is -3.36. The van der Waals surface area contributed by atoms with Gasteiger partial charge in [-0.1, -0.05) is 13.8 Å². The predicted octanol–water partition coefficient (Wildman–Crippen LogP) is 2.85. The molecule has 0 amide bonds. The van der Waals surface area contributed by atoms with Crippen LogP contribution in [0, 0.1) is 5.92 Å². The minimum absolute atomic E-state index is 0.143. The van der Waals surface area contributed by atoms with Gasteiger partial charge in [-0.05, 0) is 55.4 Å². The van der Waals surface area contributed by atoms with Crippen LogP contribution >= 0.6 is 0 Å². The maximum atomic E-state index is 12.9. The highest BCUT2D eigenvalue weighted by atomic mass is 32.2. The molecule has 3 rings (SSSR count). The molecule has 0 saturated carbocycles. The van der Waals surface area contributed by atoms with E-state index in [4.69, 9.17) is 0 Å². The predicted molar refractivity (Wildman–Crippen MR) is 85.0 cm³/mol. The Kier molecular flexibility index (Phi) is 3.97. The fraction of sp³-hybridized carbons (Fsp3) is 0.625. The molecule has 1 atom stereocenters. The highest BCUT2D eigenvalue weighted by Gasteiger charge is 2.36. The normalized spacial score (nSPS) is 23.1. The molecule has 2 aliphatic heterocycles. The Hall–Kier alpha value is -1.07. The maximum absolute atomic E-state index is 12.9. The van der Waals surface area contributed by atoms with Crippen molar-refractivity contribution in [3.8, 4) is 0 Å². The monoisotopic (exact) mass is 308 g/mol. The highest BCUT2D eigenvalue weighted by molar-refractivity contribution is 7.89. The number of nitrogens with one attached hydrogen (secondary N) is 1. The fourth-order valence-electron chi connectivity index (χ4n) is 3.48. The Morgan fingerprint density at radius 3 is 2.86 bits per heavy atom. The number of hydrogen-bond donors (Lipinski definition) is 1. The number of anilines is 1. The lowest BCUT2D eigenvalue weighted by Gasteiger charge is -2.27. The molecule has 4 nitrogen and oxygen atoms in total. The zero-order valence-corrected chi connectivity index (χ0v) is 13.6. The number of sulfonamides is 1. The summed E-state index contributed by atoms with van der Waals surface area (Å²) >= 11 is 0. The number of nitrogens with zero attached hydrogens (tertiary/aromatic N) is 1. The van der Waals surface area contributed by atoms with Crippen molar-refractivity contribution in [2.24, 2.45) is 5.92 Å². The zero-order chi connectivity index (χ0) is 15.0. The molecule has 1 fully saturated rings. The lowest BCUT2D eigenvalue weighted by molar-refractivity contribution is 0.316. The molecule has 1 unspecified atom stereocenters. The van der Waals surface area contributed by atoms with Gasteiger partial charge in [-0.25, -0.2) is 8.42 Å². The van der Waals surface area contributed by atoms with E-state index in [1.54, 1.807) is 10.4 Å². The Morgan fingerprint density at radius 2 is 2.10 bits per heavy atom. The smallest absolute Gasteiger partial charge is 0.243 e. The summed E-state index contributed by atoms with van der Waals surface area (Å²) in [4.78, 5) is 0.456. The van der Waals surface area contributed by atoms with E-state index in [1.165, 1.54) is 0 Å². The van der Waals surface area contributed by atoms with Crippen LogP contribution < -0.4 is 5.32 Å². The lowest BCUT2D eigenvalue weighted by atomic mass is 10.0. The third kappa shape index (κ3) is 2.69. The van der Waals surface area contributed by atoms with Gasteiger partial charge in [0.2, 0.25) is 10.0 Å². The summed E-state index contributed by atoms with van der Waals surface area (Å²) in [5.41, 5.74) is 2.21. The van der Waals surface area contributed by atoms with Crippen molar-refractivity contribution in [3.05, 3.63) is 23.8 Å². The molecule has 1 aromatic carbocycles. The van der Waals surface area contributed by atoms with Crippen LogP contribution in [0.4, 0.5) is 5.69 Å². The Labute approximate surface area is 127 Å². The molecule has 0 bridgehead atoms. The van der Waals surface area contributed by atoms with Gasteiger partial charge in [0.1, 0.15) is 0 Å². The van der Waals surface area contributed by atoms with E-state index in [0.717, 1.165) is 43.5 Å². The third-order valence-corrected chi connectivity index (χ3v) is 6.56. The molecule has 0 aliphatic carbocycles. The molecule has 0 spiro atoms. The molecule has 0 radical (unpaired) electrons. The van der Waals surface area contributed by atoms with Crippen LogP contribution in [0.5, 0.6) is 0 Å². The van der Waals surface area contributed by atoms with Gasteiger partial charge in [-0.2, -0.15) is 4.31 Å². The van der Waals surface area contributed by atoms with Gasteiger partial charge in [0, 0.05) is 24.8 Å². The van der Waals surface area contributed by atoms with Gasteiger partial charge >= 0.3 is 0 Å². The van der Waals surface area contributed by atoms with Crippen LogP contribution in [0.25, 0.3) is 0 Å². The molecular formula is C16H24N2O2S. The van der Waals surface area contributed by atoms with Crippen LogP contribution in [0.2, 0.25) is 0 Å². The first-order chi connectivity index (χ1) is 10.00. The Morgan fingerprint density at radius 1 is 1.29 bits per heavy atom. The zero-order valence-electron chi connectivity index (χ0n) is 12.8. The van der Waals surface area contributed by atoms with E-state index < -0.39 is 10.0 Å². The van der Waals surface area contributed by atoms with Crippen molar-refractivity contribution in [1.82, 2.24) is 4.31 Å². The molecular weight excluding hydrogens is 284 g/mol. The van der Waals surface area contributed by atoms with E-state index >= 15 is 0 Å². The quantitative estimate of drug-likeness (QED) is 0.934. The van der Waals surface area contributed by atoms with Gasteiger partial charge in [-0.3, -0.25) is 0 Å². The number of rotatable bonds is 3. The second-order valence-corrected chi connectivity index (χ2v) is 8.31. The van der Waals surface area contributed by atoms with E-state index in [9.17, 15) is 8.42 Å². The number of hydrogen-bond acceptors (Lipinski definition) is 3. The van der Waals surface area contributed by atoms with Crippen molar-refractivity contribution in [1.29, 1.82) is 0 Å². The molecule has 1 aromatic rings. The van der Waals surface area contributed by atoms with Gasteiger partial charge in [0.05, 0.1) is 4.90 Å². The highest BCUT2D eigenvalue weighted by Crippen LogP contribution is 2.32. The van der Waals surface area contributed by atoms with E-state index in [0.29, 0.717) is 17.4 Å². The summed E-state index contributed by atoms with van der Waals surface area (Å²) in [6.07, 6.45) is 3.96. The van der Waals surface area contributed by atoms with E-state index in [-0.39, 0.29) is 6.04 Å². The summed E-state index contributed by atoms with van der Waals surface area (Å²) in [6.45, 7) is 5.84. The molecule has 2 heterocycles. The number of benzene rings is 1. The topological polar surface area (TPSA) is 49.4 Å². The van der Waals surface area contributed by atoms with Crippen molar-refractivity contribution in [2.75, 3.05) is 18.4 Å². The first-order valence-corrected chi connectivity index (χ1v) is 9.33. The lowest BCUT2D eigenvalue weighted by Crippen LogP contribution is -2.38. The second kappa shape index (κ2) is 5.61. The van der Waals surface area contributed by atoms with E-state index in [2.05, 4.69) is 19.2 Å². The van der Waals surface area contributed by atoms with Crippen LogP contribution in [0.1, 0.15) is 38.7 Å². The molecule has 116 valence electrons. The maximum Gasteiger partial charge on any atom is 0.243 e. The van der Waals surface area contributed by atoms with Gasteiger partial charge in [0.15, 0.2) is 0 Å². The third-order valence-electron chi connectivity index (χ3n) is 4.64. The van der Waals surface area contributed by atoms with Crippen molar-refractivity contribution < 1.29 is 8.42 Å². The summed E-state index contributed by atoms with van der Waals surface area (Å²) in [6, 6.07) is 5.68. The van der Waals surface area contributed by atoms with Crippen LogP contribution in [-0.2, 0) is 16.4 Å². The van der Waals surface area contributed by atoms with Crippen LogP contribution in [-0.4, -0.2) is 31.9 Å². The summed E-state index contributed by atoms with van der Waals surface area (Å²) in [5, 5.41) is 3.33. The largest absolute Gasteiger partial charge is 0.385 e. The van der Waals surface area contributed by atoms with Crippen molar-refractivity contribution >= 4 is 15.7 Å². The first kappa shape index (κ1) is 14.9. The summed E-state index contributed by atoms with van der Waals surface area (Å²) in [7, 11) is -3.36. The fourth-order valence-corrected chi connectivity index (χ4v) is 5.35. The molecule has 5 heteroatoms. The SMILES string of the molecule is CC(C)C1CCCN1S(=O)(=O)c1ccc2c(c1)CCCN2. The first-order valence-electron chi connectivity index (χ1n) is 7.89. The molecule has 1 N–H and O–H groups in total. The van der Waals surface area contributed by atoms with Gasteiger partial charge < -0.3 is 5.32 Å². The second-order valence-electron chi connectivity index (χ2n) is 6.42. The number of fused-ring (bicyclic) bond motifs is 1. The Bertz CT molecular complexity index is 625. The molecule has 2 aliphatic rings. The van der Waals surface area contributed by atoms with Crippen molar-refractivity contribution in [3.63, 3.8) is 0 Å². The summed E-state index contributed by atoms with van der Waals surface area (Å²) < 4.78 is 27.6. The average Bonchev–Trinajstić information content (AvgIpc) is 2.97. The Balaban J connectivity index is 1.95. The van der Waals surface area contributed by atoms with Crippen LogP contribution in [0.3, 0.4) is 0 Å². The van der Waals surface area contributed by atoms with Gasteiger partial charge in [0.25, 0.3) is 0 Å². The number of aryl methyl sites for hydroxylation is 1. The summed E-state index contributed by atoms with van der Waals surface area (Å²) in [5.74, 6) is 0.363. The molecule has 1 saturated heterocycles. The van der Waals surface area contributed by atoms with Crippen molar-refractivity contribution in [2.45, 2.75) is 50.5 Å². The molecule has 0 aromatic heterocycles. The average molecular weight is 308 g/mol. The molecule has 21 heavy (non-hydrogen) atoms. The van der Waals surface area contributed by atoms with E-state index in [1.807, 2.05) is 12.1 Å².